The third kappa shape index (κ3) is 2.54. The maximum atomic E-state index is 4.39. The Hall–Kier alpha value is -1.96. The van der Waals surface area contributed by atoms with Gasteiger partial charge in [0.25, 0.3) is 0 Å². The van der Waals surface area contributed by atoms with Gasteiger partial charge >= 0.3 is 0 Å². The minimum atomic E-state index is 0.804. The van der Waals surface area contributed by atoms with Crippen LogP contribution in [0.4, 0.5) is 0 Å². The van der Waals surface area contributed by atoms with E-state index in [1.54, 1.807) is 6.20 Å². The van der Waals surface area contributed by atoms with Gasteiger partial charge in [0.05, 0.1) is 5.69 Å². The van der Waals surface area contributed by atoms with E-state index in [4.69, 9.17) is 0 Å². The van der Waals surface area contributed by atoms with Crippen molar-refractivity contribution in [2.24, 2.45) is 0 Å². The average Bonchev–Trinajstić information content (AvgIpc) is 2.30. The summed E-state index contributed by atoms with van der Waals surface area (Å²) in [5, 5.41) is 0. The summed E-state index contributed by atoms with van der Waals surface area (Å²) in [4.78, 5) is 8.48. The van der Waals surface area contributed by atoms with E-state index in [2.05, 4.69) is 35.1 Å². The molecule has 0 saturated heterocycles. The third-order valence-electron chi connectivity index (χ3n) is 2.36. The van der Waals surface area contributed by atoms with Gasteiger partial charge in [0.15, 0.2) is 0 Å². The van der Waals surface area contributed by atoms with Gasteiger partial charge in [-0.2, -0.15) is 0 Å². The van der Waals surface area contributed by atoms with E-state index < -0.39 is 0 Å². The predicted molar refractivity (Wildman–Crippen MR) is 66.8 cm³/mol. The van der Waals surface area contributed by atoms with Gasteiger partial charge in [-0.25, -0.2) is 9.97 Å². The summed E-state index contributed by atoms with van der Waals surface area (Å²) in [6.07, 6.45) is 3.92. The van der Waals surface area contributed by atoms with Crippen molar-refractivity contribution in [3.63, 3.8) is 0 Å². The highest BCUT2D eigenvalue weighted by Crippen LogP contribution is 2.14. The first-order valence-electron chi connectivity index (χ1n) is 5.29. The summed E-state index contributed by atoms with van der Waals surface area (Å²) >= 11 is 0. The number of allylic oxidation sites excluding steroid dienone is 1. The molecule has 0 amide bonds. The van der Waals surface area contributed by atoms with Crippen molar-refractivity contribution < 1.29 is 0 Å². The van der Waals surface area contributed by atoms with Crippen LogP contribution in [0.25, 0.3) is 11.6 Å². The molecule has 80 valence electrons. The third-order valence-corrected chi connectivity index (χ3v) is 2.36. The fourth-order valence-corrected chi connectivity index (χ4v) is 1.55. The number of nitrogens with zero attached hydrogens (tertiary/aromatic N) is 2. The second-order valence-electron chi connectivity index (χ2n) is 3.73. The summed E-state index contributed by atoms with van der Waals surface area (Å²) < 4.78 is 0. The fourth-order valence-electron chi connectivity index (χ4n) is 1.55. The molecule has 1 aromatic carbocycles. The van der Waals surface area contributed by atoms with E-state index in [1.165, 1.54) is 5.56 Å². The zero-order valence-corrected chi connectivity index (χ0v) is 9.51. The lowest BCUT2D eigenvalue weighted by Gasteiger charge is -2.01. The smallest absolute Gasteiger partial charge is 0.125 e. The Kier molecular flexibility index (Phi) is 3.10. The molecular formula is C14H14N2. The van der Waals surface area contributed by atoms with Gasteiger partial charge in [0.2, 0.25) is 0 Å². The van der Waals surface area contributed by atoms with Gasteiger partial charge in [-0.15, -0.1) is 0 Å². The first kappa shape index (κ1) is 10.6. The Morgan fingerprint density at radius 1 is 1.12 bits per heavy atom. The number of rotatable bonds is 2. The van der Waals surface area contributed by atoms with Gasteiger partial charge in [-0.1, -0.05) is 30.3 Å². The lowest BCUT2D eigenvalue weighted by molar-refractivity contribution is 1.04. The highest BCUT2D eigenvalue weighted by molar-refractivity contribution is 5.78. The van der Waals surface area contributed by atoms with Crippen molar-refractivity contribution in [3.05, 3.63) is 59.7 Å². The fraction of sp³-hybridized carbons (Fsp3) is 0.143. The molecule has 0 atom stereocenters. The van der Waals surface area contributed by atoms with Gasteiger partial charge in [0.1, 0.15) is 5.82 Å². The summed E-state index contributed by atoms with van der Waals surface area (Å²) in [6, 6.07) is 12.2. The molecule has 0 N–H and O–H groups in total. The second kappa shape index (κ2) is 4.71. The molecule has 2 heteroatoms. The molecule has 0 fully saturated rings. The molecular weight excluding hydrogens is 196 g/mol. The molecule has 16 heavy (non-hydrogen) atoms. The van der Waals surface area contributed by atoms with E-state index in [9.17, 15) is 0 Å². The number of hydrogen-bond acceptors (Lipinski definition) is 2. The zero-order valence-electron chi connectivity index (χ0n) is 9.51. The lowest BCUT2D eigenvalue weighted by atomic mass is 10.1. The maximum absolute atomic E-state index is 4.39. The van der Waals surface area contributed by atoms with Gasteiger partial charge in [-0.3, -0.25) is 0 Å². The van der Waals surface area contributed by atoms with Crippen LogP contribution in [-0.2, 0) is 0 Å². The molecule has 1 aromatic heterocycles. The Labute approximate surface area is 95.7 Å². The van der Waals surface area contributed by atoms with Crippen LogP contribution < -0.4 is 0 Å². The number of aryl methyl sites for hydroxylation is 1. The molecule has 0 bridgehead atoms. The highest BCUT2D eigenvalue weighted by Gasteiger charge is 1.98. The molecule has 0 aliphatic heterocycles. The predicted octanol–water partition coefficient (Wildman–Crippen LogP) is 3.35. The molecule has 2 nitrogen and oxygen atoms in total. The minimum Gasteiger partial charge on any atom is -0.242 e. The minimum absolute atomic E-state index is 0.804. The van der Waals surface area contributed by atoms with Crippen LogP contribution in [0.2, 0.25) is 0 Å². The van der Waals surface area contributed by atoms with E-state index in [0.29, 0.717) is 0 Å². The van der Waals surface area contributed by atoms with Crippen molar-refractivity contribution in [1.82, 2.24) is 9.97 Å². The van der Waals surface area contributed by atoms with Crippen molar-refractivity contribution in [2.45, 2.75) is 13.8 Å². The first-order chi connectivity index (χ1) is 7.75. The van der Waals surface area contributed by atoms with Crippen LogP contribution in [0.3, 0.4) is 0 Å². The largest absolute Gasteiger partial charge is 0.242 e. The van der Waals surface area contributed by atoms with Crippen LogP contribution in [-0.4, -0.2) is 9.97 Å². The summed E-state index contributed by atoms with van der Waals surface area (Å²) in [7, 11) is 0. The number of aromatic nitrogens is 2. The monoisotopic (exact) mass is 210 g/mol. The second-order valence-corrected chi connectivity index (χ2v) is 3.73. The van der Waals surface area contributed by atoms with Crippen molar-refractivity contribution in [3.8, 4) is 0 Å². The molecule has 0 saturated carbocycles. The Morgan fingerprint density at radius 3 is 2.56 bits per heavy atom. The Balaban J connectivity index is 2.32. The van der Waals surface area contributed by atoms with Crippen LogP contribution in [0, 0.1) is 6.92 Å². The van der Waals surface area contributed by atoms with E-state index in [0.717, 1.165) is 17.1 Å². The Morgan fingerprint density at radius 2 is 1.88 bits per heavy atom. The lowest BCUT2D eigenvalue weighted by Crippen LogP contribution is -1.91. The van der Waals surface area contributed by atoms with Gasteiger partial charge < -0.3 is 0 Å². The summed E-state index contributed by atoms with van der Waals surface area (Å²) in [5.74, 6) is 0.804. The SMILES string of the molecule is C/C(=C\c1ccccc1)c1ccnc(C)n1. The van der Waals surface area contributed by atoms with Crippen molar-refractivity contribution in [1.29, 1.82) is 0 Å². The molecule has 0 aliphatic rings. The van der Waals surface area contributed by atoms with Crippen molar-refractivity contribution >= 4 is 11.6 Å². The normalized spacial score (nSPS) is 11.5. The van der Waals surface area contributed by atoms with E-state index >= 15 is 0 Å². The molecule has 2 aromatic rings. The summed E-state index contributed by atoms with van der Waals surface area (Å²) in [5.41, 5.74) is 3.32. The first-order valence-corrected chi connectivity index (χ1v) is 5.29. The molecule has 0 unspecified atom stereocenters. The van der Waals surface area contributed by atoms with Crippen LogP contribution in [0.1, 0.15) is 24.0 Å². The maximum Gasteiger partial charge on any atom is 0.125 e. The molecule has 0 radical (unpaired) electrons. The quantitative estimate of drug-likeness (QED) is 0.759. The average molecular weight is 210 g/mol. The number of hydrogen-bond donors (Lipinski definition) is 0. The number of benzene rings is 1. The highest BCUT2D eigenvalue weighted by atomic mass is 14.9. The zero-order chi connectivity index (χ0) is 11.4. The molecule has 0 spiro atoms. The van der Waals surface area contributed by atoms with E-state index in [1.807, 2.05) is 31.2 Å². The van der Waals surface area contributed by atoms with Gasteiger partial charge in [0, 0.05) is 6.20 Å². The molecule has 1 heterocycles. The van der Waals surface area contributed by atoms with Crippen LogP contribution >= 0.6 is 0 Å². The van der Waals surface area contributed by atoms with Gasteiger partial charge in [-0.05, 0) is 37.1 Å². The standard InChI is InChI=1S/C14H14N2/c1-11(10-13-6-4-3-5-7-13)14-8-9-15-12(2)16-14/h3-10H,1-2H3/b11-10+. The van der Waals surface area contributed by atoms with Crippen LogP contribution in [0.5, 0.6) is 0 Å². The summed E-state index contributed by atoms with van der Waals surface area (Å²) in [6.45, 7) is 3.97. The topological polar surface area (TPSA) is 25.8 Å². The van der Waals surface area contributed by atoms with Crippen LogP contribution in [0.15, 0.2) is 42.6 Å². The van der Waals surface area contributed by atoms with Crippen molar-refractivity contribution in [2.75, 3.05) is 0 Å². The molecule has 0 aliphatic carbocycles. The van der Waals surface area contributed by atoms with E-state index in [-0.39, 0.29) is 0 Å². The Bertz CT molecular complexity index is 501. The molecule has 2 rings (SSSR count).